The van der Waals surface area contributed by atoms with Crippen LogP contribution in [0.25, 0.3) is 0 Å². The maximum absolute atomic E-state index is 11.6. The number of piperazine rings is 1. The highest BCUT2D eigenvalue weighted by molar-refractivity contribution is 5.80. The monoisotopic (exact) mass is 196 g/mol. The lowest BCUT2D eigenvalue weighted by molar-refractivity contribution is -0.120. The zero-order valence-corrected chi connectivity index (χ0v) is 8.80. The first kappa shape index (κ1) is 10.1. The number of Topliss-reactive ketones (excluding diaryl/α,β-unsaturated/α-hetero) is 1. The summed E-state index contributed by atoms with van der Waals surface area (Å²) in [5.41, 5.74) is 0. The number of carbonyl (C=O) groups excluding carboxylic acids is 1. The van der Waals surface area contributed by atoms with Crippen molar-refractivity contribution in [1.82, 2.24) is 10.2 Å². The minimum absolute atomic E-state index is 0.443. The first-order valence-corrected chi connectivity index (χ1v) is 5.79. The van der Waals surface area contributed by atoms with Crippen LogP contribution in [0.4, 0.5) is 0 Å². The lowest BCUT2D eigenvalue weighted by Crippen LogP contribution is -2.45. The number of nitrogens with zero attached hydrogens (tertiary/aromatic N) is 1. The Kier molecular flexibility index (Phi) is 3.54. The van der Waals surface area contributed by atoms with Crippen LogP contribution in [0.1, 0.15) is 25.7 Å². The van der Waals surface area contributed by atoms with E-state index in [1.54, 1.807) is 0 Å². The van der Waals surface area contributed by atoms with Gasteiger partial charge in [-0.15, -0.1) is 0 Å². The smallest absolute Gasteiger partial charge is 0.146 e. The van der Waals surface area contributed by atoms with Crippen molar-refractivity contribution in [3.05, 3.63) is 0 Å². The Hall–Kier alpha value is -0.410. The molecule has 2 aliphatic rings. The Morgan fingerprint density at radius 1 is 1.29 bits per heavy atom. The molecule has 3 heteroatoms. The third-order valence-electron chi connectivity index (χ3n) is 3.14. The number of hydrogen-bond donors (Lipinski definition) is 1. The van der Waals surface area contributed by atoms with Crippen LogP contribution >= 0.6 is 0 Å². The molecule has 0 atom stereocenters. The second kappa shape index (κ2) is 4.89. The largest absolute Gasteiger partial charge is 0.314 e. The SMILES string of the molecule is O=C(CCC1CC1)CN1CCNCC1. The van der Waals surface area contributed by atoms with Gasteiger partial charge in [0.25, 0.3) is 0 Å². The average molecular weight is 196 g/mol. The average Bonchev–Trinajstić information content (AvgIpc) is 3.00. The lowest BCUT2D eigenvalue weighted by atomic mass is 10.1. The fraction of sp³-hybridized carbons (Fsp3) is 0.909. The van der Waals surface area contributed by atoms with E-state index in [0.29, 0.717) is 12.3 Å². The molecule has 0 spiro atoms. The molecule has 0 amide bonds. The van der Waals surface area contributed by atoms with E-state index in [1.165, 1.54) is 12.8 Å². The number of hydrogen-bond acceptors (Lipinski definition) is 3. The summed E-state index contributed by atoms with van der Waals surface area (Å²) in [5.74, 6) is 1.33. The molecule has 3 nitrogen and oxygen atoms in total. The van der Waals surface area contributed by atoms with Crippen LogP contribution in [0.2, 0.25) is 0 Å². The van der Waals surface area contributed by atoms with Gasteiger partial charge in [0.2, 0.25) is 0 Å². The maximum Gasteiger partial charge on any atom is 0.146 e. The summed E-state index contributed by atoms with van der Waals surface area (Å²) in [6.45, 7) is 4.84. The van der Waals surface area contributed by atoms with Crippen LogP contribution in [0.3, 0.4) is 0 Å². The topological polar surface area (TPSA) is 32.3 Å². The van der Waals surface area contributed by atoms with E-state index in [0.717, 1.165) is 44.9 Å². The molecule has 0 bridgehead atoms. The Bertz CT molecular complexity index is 195. The van der Waals surface area contributed by atoms with E-state index in [9.17, 15) is 4.79 Å². The molecule has 1 saturated carbocycles. The van der Waals surface area contributed by atoms with Gasteiger partial charge in [-0.3, -0.25) is 9.69 Å². The van der Waals surface area contributed by atoms with Crippen molar-refractivity contribution in [2.45, 2.75) is 25.7 Å². The molecule has 1 N–H and O–H groups in total. The molecular formula is C11H20N2O. The van der Waals surface area contributed by atoms with Gasteiger partial charge < -0.3 is 5.32 Å². The van der Waals surface area contributed by atoms with Crippen molar-refractivity contribution >= 4 is 5.78 Å². The molecule has 1 heterocycles. The van der Waals surface area contributed by atoms with Crippen LogP contribution < -0.4 is 5.32 Å². The van der Waals surface area contributed by atoms with Crippen LogP contribution in [-0.4, -0.2) is 43.4 Å². The number of ketones is 1. The molecule has 1 aliphatic heterocycles. The van der Waals surface area contributed by atoms with Gasteiger partial charge in [-0.2, -0.15) is 0 Å². The van der Waals surface area contributed by atoms with Crippen molar-refractivity contribution in [1.29, 1.82) is 0 Å². The third-order valence-corrected chi connectivity index (χ3v) is 3.14. The van der Waals surface area contributed by atoms with Crippen molar-refractivity contribution in [2.75, 3.05) is 32.7 Å². The van der Waals surface area contributed by atoms with Crippen LogP contribution in [0.5, 0.6) is 0 Å². The Balaban J connectivity index is 1.59. The summed E-state index contributed by atoms with van der Waals surface area (Å²) < 4.78 is 0. The lowest BCUT2D eigenvalue weighted by Gasteiger charge is -2.26. The molecule has 0 aromatic carbocycles. The minimum Gasteiger partial charge on any atom is -0.314 e. The molecule has 0 aromatic heterocycles. The highest BCUT2D eigenvalue weighted by Crippen LogP contribution is 2.33. The zero-order valence-electron chi connectivity index (χ0n) is 8.80. The standard InChI is InChI=1S/C11H20N2O/c14-11(4-3-10-1-2-10)9-13-7-5-12-6-8-13/h10,12H,1-9H2. The van der Waals surface area contributed by atoms with E-state index < -0.39 is 0 Å². The minimum atomic E-state index is 0.443. The molecule has 2 fully saturated rings. The van der Waals surface area contributed by atoms with Crippen molar-refractivity contribution < 1.29 is 4.79 Å². The Labute approximate surface area is 85.8 Å². The van der Waals surface area contributed by atoms with E-state index in [2.05, 4.69) is 10.2 Å². The molecule has 0 unspecified atom stereocenters. The summed E-state index contributed by atoms with van der Waals surface area (Å²) in [4.78, 5) is 13.9. The van der Waals surface area contributed by atoms with Gasteiger partial charge >= 0.3 is 0 Å². The van der Waals surface area contributed by atoms with E-state index >= 15 is 0 Å². The van der Waals surface area contributed by atoms with Gasteiger partial charge in [0, 0.05) is 32.6 Å². The molecular weight excluding hydrogens is 176 g/mol. The zero-order chi connectivity index (χ0) is 9.80. The maximum atomic E-state index is 11.6. The molecule has 0 aromatic rings. The summed E-state index contributed by atoms with van der Waals surface area (Å²) in [6, 6.07) is 0. The molecule has 14 heavy (non-hydrogen) atoms. The molecule has 2 rings (SSSR count). The predicted molar refractivity (Wildman–Crippen MR) is 56.3 cm³/mol. The van der Waals surface area contributed by atoms with E-state index in [1.807, 2.05) is 0 Å². The van der Waals surface area contributed by atoms with Crippen LogP contribution in [-0.2, 0) is 4.79 Å². The fourth-order valence-corrected chi connectivity index (χ4v) is 1.97. The second-order valence-corrected chi connectivity index (χ2v) is 4.55. The third kappa shape index (κ3) is 3.39. The Morgan fingerprint density at radius 2 is 2.00 bits per heavy atom. The Morgan fingerprint density at radius 3 is 2.64 bits per heavy atom. The van der Waals surface area contributed by atoms with E-state index in [-0.39, 0.29) is 0 Å². The summed E-state index contributed by atoms with van der Waals surface area (Å²) in [5, 5.41) is 3.30. The molecule has 1 saturated heterocycles. The van der Waals surface area contributed by atoms with Crippen LogP contribution in [0.15, 0.2) is 0 Å². The van der Waals surface area contributed by atoms with Gasteiger partial charge in [0.15, 0.2) is 0 Å². The van der Waals surface area contributed by atoms with Gasteiger partial charge in [0.1, 0.15) is 5.78 Å². The molecule has 1 aliphatic carbocycles. The number of nitrogens with one attached hydrogen (secondary N) is 1. The van der Waals surface area contributed by atoms with Crippen molar-refractivity contribution in [2.24, 2.45) is 5.92 Å². The molecule has 0 radical (unpaired) electrons. The summed E-state index contributed by atoms with van der Waals surface area (Å²) in [7, 11) is 0. The highest BCUT2D eigenvalue weighted by atomic mass is 16.1. The summed E-state index contributed by atoms with van der Waals surface area (Å²) in [6.07, 6.45) is 4.68. The normalized spacial score (nSPS) is 23.7. The fourth-order valence-electron chi connectivity index (χ4n) is 1.97. The highest BCUT2D eigenvalue weighted by Gasteiger charge is 2.22. The first-order valence-electron chi connectivity index (χ1n) is 5.79. The quantitative estimate of drug-likeness (QED) is 0.701. The predicted octanol–water partition coefficient (Wildman–Crippen LogP) is 0.651. The molecule has 80 valence electrons. The van der Waals surface area contributed by atoms with E-state index in [4.69, 9.17) is 0 Å². The van der Waals surface area contributed by atoms with Gasteiger partial charge in [0.05, 0.1) is 6.54 Å². The van der Waals surface area contributed by atoms with Crippen molar-refractivity contribution in [3.8, 4) is 0 Å². The second-order valence-electron chi connectivity index (χ2n) is 4.55. The summed E-state index contributed by atoms with van der Waals surface area (Å²) >= 11 is 0. The number of carbonyl (C=O) groups is 1. The van der Waals surface area contributed by atoms with Gasteiger partial charge in [-0.1, -0.05) is 12.8 Å². The number of rotatable bonds is 5. The first-order chi connectivity index (χ1) is 6.84. The van der Waals surface area contributed by atoms with Crippen LogP contribution in [0, 0.1) is 5.92 Å². The van der Waals surface area contributed by atoms with Crippen molar-refractivity contribution in [3.63, 3.8) is 0 Å². The van der Waals surface area contributed by atoms with Gasteiger partial charge in [-0.05, 0) is 12.3 Å². The van der Waals surface area contributed by atoms with Gasteiger partial charge in [-0.25, -0.2) is 0 Å².